The molecule has 0 aliphatic rings. The van der Waals surface area contributed by atoms with E-state index >= 15 is 0 Å². The molecule has 4 rings (SSSR count). The molecule has 228 valence electrons. The lowest BCUT2D eigenvalue weighted by Gasteiger charge is -2.15. The molecule has 0 saturated heterocycles. The Morgan fingerprint density at radius 3 is 2.07 bits per heavy atom. The first-order chi connectivity index (χ1) is 20.9. The number of carboxylic acids is 1. The lowest BCUT2D eigenvalue weighted by Crippen LogP contribution is -2.17. The Labute approximate surface area is 257 Å². The van der Waals surface area contributed by atoms with E-state index in [9.17, 15) is 32.3 Å². The summed E-state index contributed by atoms with van der Waals surface area (Å²) in [7, 11) is 0. The highest BCUT2D eigenvalue weighted by Crippen LogP contribution is 2.27. The fraction of sp³-hybridized carbons (Fsp3) is 0.176. The highest BCUT2D eigenvalue weighted by atomic mass is 32.1. The van der Waals surface area contributed by atoms with Gasteiger partial charge in [-0.05, 0) is 84.3 Å². The van der Waals surface area contributed by atoms with E-state index in [1.54, 1.807) is 42.5 Å². The molecule has 0 fully saturated rings. The summed E-state index contributed by atoms with van der Waals surface area (Å²) in [6, 6.07) is 23.1. The second-order valence-electron chi connectivity index (χ2n) is 10.0. The quantitative estimate of drug-likeness (QED) is 0.115. The molecule has 4 aromatic carbocycles. The third kappa shape index (κ3) is 10.0. The van der Waals surface area contributed by atoms with Gasteiger partial charge in [0.05, 0.1) is 5.56 Å². The molecule has 0 aliphatic heterocycles. The molecular formula is C34H28F4O5S. The van der Waals surface area contributed by atoms with E-state index in [4.69, 9.17) is 4.74 Å². The van der Waals surface area contributed by atoms with Crippen molar-refractivity contribution in [3.63, 3.8) is 0 Å². The van der Waals surface area contributed by atoms with Crippen molar-refractivity contribution in [1.29, 1.82) is 0 Å². The fourth-order valence-corrected chi connectivity index (χ4v) is 4.64. The number of aromatic carboxylic acids is 1. The van der Waals surface area contributed by atoms with Gasteiger partial charge in [-0.2, -0.15) is 0 Å². The summed E-state index contributed by atoms with van der Waals surface area (Å²) in [5, 5.41) is 8.91. The summed E-state index contributed by atoms with van der Waals surface area (Å²) in [6.07, 6.45) is 0.887. The number of aryl methyl sites for hydroxylation is 1. The Morgan fingerprint density at radius 1 is 0.841 bits per heavy atom. The number of halogens is 4. The first-order valence-corrected chi connectivity index (χ1v) is 14.0. The van der Waals surface area contributed by atoms with E-state index in [0.29, 0.717) is 41.7 Å². The molecule has 1 unspecified atom stereocenters. The molecule has 1 atom stereocenters. The fourth-order valence-electron chi connectivity index (χ4n) is 4.49. The van der Waals surface area contributed by atoms with Crippen molar-refractivity contribution in [3.05, 3.63) is 136 Å². The van der Waals surface area contributed by atoms with E-state index in [2.05, 4.69) is 17.4 Å². The van der Waals surface area contributed by atoms with Crippen LogP contribution >= 0.6 is 12.6 Å². The zero-order valence-corrected chi connectivity index (χ0v) is 24.2. The number of benzene rings is 4. The van der Waals surface area contributed by atoms with Crippen LogP contribution in [0.4, 0.5) is 17.6 Å². The minimum atomic E-state index is -4.79. The molecule has 0 aromatic heterocycles. The number of carbonyl (C=O) groups excluding carboxylic acids is 1. The van der Waals surface area contributed by atoms with Crippen molar-refractivity contribution < 1.29 is 41.7 Å². The average Bonchev–Trinajstić information content (AvgIpc) is 2.98. The number of thiol groups is 1. The first kappa shape index (κ1) is 32.3. The number of alkyl halides is 3. The highest BCUT2D eigenvalue weighted by Gasteiger charge is 2.31. The van der Waals surface area contributed by atoms with Gasteiger partial charge in [-0.15, -0.1) is 25.8 Å². The smallest absolute Gasteiger partial charge is 0.488 e. The number of carbonyl (C=O) groups is 2. The molecule has 44 heavy (non-hydrogen) atoms. The van der Waals surface area contributed by atoms with Crippen LogP contribution in [0.25, 0.3) is 6.08 Å². The Balaban J connectivity index is 1.50. The molecule has 0 amide bonds. The van der Waals surface area contributed by atoms with Crippen LogP contribution < -0.4 is 9.47 Å². The van der Waals surface area contributed by atoms with Crippen molar-refractivity contribution in [2.24, 2.45) is 5.92 Å². The number of allylic oxidation sites excluding steroid dienone is 1. The van der Waals surface area contributed by atoms with E-state index in [1.165, 1.54) is 42.5 Å². The third-order valence-electron chi connectivity index (χ3n) is 6.77. The topological polar surface area (TPSA) is 72.8 Å². The minimum absolute atomic E-state index is 0.0307. The van der Waals surface area contributed by atoms with Gasteiger partial charge in [0.15, 0.2) is 0 Å². The van der Waals surface area contributed by atoms with E-state index in [1.807, 2.05) is 18.2 Å². The highest BCUT2D eigenvalue weighted by molar-refractivity contribution is 7.97. The van der Waals surface area contributed by atoms with Gasteiger partial charge in [0.25, 0.3) is 0 Å². The van der Waals surface area contributed by atoms with Gasteiger partial charge in [0, 0.05) is 11.1 Å². The molecule has 0 heterocycles. The monoisotopic (exact) mass is 624 g/mol. The van der Waals surface area contributed by atoms with Gasteiger partial charge in [-0.25, -0.2) is 9.18 Å². The zero-order chi connectivity index (χ0) is 31.7. The second-order valence-corrected chi connectivity index (χ2v) is 10.4. The summed E-state index contributed by atoms with van der Waals surface area (Å²) in [5.74, 6) is -1.48. The molecule has 5 nitrogen and oxygen atoms in total. The first-order valence-electron chi connectivity index (χ1n) is 13.5. The average molecular weight is 625 g/mol. The Morgan fingerprint density at radius 2 is 1.45 bits per heavy atom. The van der Waals surface area contributed by atoms with Crippen LogP contribution in [0.2, 0.25) is 0 Å². The summed E-state index contributed by atoms with van der Waals surface area (Å²) in [5.41, 5.74) is 3.69. The SMILES string of the molecule is O=C(O)c1ccc(CC(/C=C/c2cc(F)ccc2OCc2ccc(OC(F)(F)F)cc2)CCc2ccc(C(=O)S)cc2)cc1. The van der Waals surface area contributed by atoms with Gasteiger partial charge < -0.3 is 14.6 Å². The Hall–Kier alpha value is -4.57. The van der Waals surface area contributed by atoms with Crippen molar-refractivity contribution in [2.45, 2.75) is 32.2 Å². The molecule has 10 heteroatoms. The van der Waals surface area contributed by atoms with Gasteiger partial charge in [-0.3, -0.25) is 4.79 Å². The summed E-state index contributed by atoms with van der Waals surface area (Å²) < 4.78 is 61.4. The predicted octanol–water partition coefficient (Wildman–Crippen LogP) is 8.58. The van der Waals surface area contributed by atoms with Gasteiger partial charge in [-0.1, -0.05) is 60.7 Å². The Kier molecular flexibility index (Phi) is 10.8. The molecule has 0 bridgehead atoms. The van der Waals surface area contributed by atoms with Gasteiger partial charge in [0.2, 0.25) is 5.12 Å². The number of ether oxygens (including phenoxy) is 2. The maximum absolute atomic E-state index is 14.3. The van der Waals surface area contributed by atoms with E-state index in [-0.39, 0.29) is 29.0 Å². The molecule has 0 saturated carbocycles. The van der Waals surface area contributed by atoms with Crippen LogP contribution in [0.3, 0.4) is 0 Å². The lowest BCUT2D eigenvalue weighted by molar-refractivity contribution is -0.274. The molecule has 0 spiro atoms. The maximum atomic E-state index is 14.3. The molecule has 1 N–H and O–H groups in total. The number of rotatable bonds is 13. The number of hydrogen-bond donors (Lipinski definition) is 2. The molecule has 0 radical (unpaired) electrons. The Bertz CT molecular complexity index is 1600. The van der Waals surface area contributed by atoms with E-state index in [0.717, 1.165) is 11.1 Å². The van der Waals surface area contributed by atoms with Crippen LogP contribution in [-0.4, -0.2) is 22.6 Å². The summed E-state index contributed by atoms with van der Waals surface area (Å²) in [6.45, 7) is 0.0307. The summed E-state index contributed by atoms with van der Waals surface area (Å²) >= 11 is 3.85. The van der Waals surface area contributed by atoms with Crippen LogP contribution in [0, 0.1) is 11.7 Å². The van der Waals surface area contributed by atoms with Crippen molar-refractivity contribution in [2.75, 3.05) is 0 Å². The largest absolute Gasteiger partial charge is 0.573 e. The van der Waals surface area contributed by atoms with Crippen molar-refractivity contribution in [3.8, 4) is 11.5 Å². The van der Waals surface area contributed by atoms with Crippen LogP contribution in [-0.2, 0) is 19.4 Å². The van der Waals surface area contributed by atoms with Crippen molar-refractivity contribution >= 4 is 29.8 Å². The van der Waals surface area contributed by atoms with Gasteiger partial charge in [0.1, 0.15) is 23.9 Å². The lowest BCUT2D eigenvalue weighted by atomic mass is 9.91. The molecular weight excluding hydrogens is 596 g/mol. The normalized spacial score (nSPS) is 12.2. The minimum Gasteiger partial charge on any atom is -0.488 e. The van der Waals surface area contributed by atoms with E-state index < -0.39 is 18.1 Å². The van der Waals surface area contributed by atoms with Crippen molar-refractivity contribution in [1.82, 2.24) is 0 Å². The van der Waals surface area contributed by atoms with Crippen LogP contribution in [0.5, 0.6) is 11.5 Å². The maximum Gasteiger partial charge on any atom is 0.573 e. The number of carboxylic acid groups (broad SMARTS) is 1. The second kappa shape index (κ2) is 14.7. The van der Waals surface area contributed by atoms with Crippen LogP contribution in [0.15, 0.2) is 97.1 Å². The zero-order valence-electron chi connectivity index (χ0n) is 23.3. The predicted molar refractivity (Wildman–Crippen MR) is 162 cm³/mol. The third-order valence-corrected chi connectivity index (χ3v) is 7.03. The molecule has 4 aromatic rings. The molecule has 0 aliphatic carbocycles. The van der Waals surface area contributed by atoms with Crippen LogP contribution in [0.1, 0.15) is 49.4 Å². The number of hydrogen-bond acceptors (Lipinski definition) is 4. The summed E-state index contributed by atoms with van der Waals surface area (Å²) in [4.78, 5) is 22.7. The van der Waals surface area contributed by atoms with Gasteiger partial charge >= 0.3 is 12.3 Å². The standard InChI is InChI=1S/C34H28F4O5S/c35-29-15-18-31(42-21-25-8-16-30(17-9-25)43-34(36,37)38)28(20-29)14-7-23(19-24-5-10-26(11-6-24)32(39)40)2-1-22-3-12-27(13-4-22)33(41)44/h3-18,20,23H,1-2,19,21H2,(H,39,40)(H,41,44)/b14-7+.